The van der Waals surface area contributed by atoms with Gasteiger partial charge in [-0.15, -0.1) is 0 Å². The highest BCUT2D eigenvalue weighted by atomic mass is 79.9. The number of carbonyl (C=O) groups excluding carboxylic acids is 1. The molecular weight excluding hydrogens is 275 g/mol. The van der Waals surface area contributed by atoms with Crippen molar-refractivity contribution in [1.29, 1.82) is 0 Å². The lowest BCUT2D eigenvalue weighted by Gasteiger charge is -2.24. The van der Waals surface area contributed by atoms with Gasteiger partial charge in [-0.25, -0.2) is 4.39 Å². The second-order valence-electron chi connectivity index (χ2n) is 4.14. The van der Waals surface area contributed by atoms with E-state index in [1.165, 1.54) is 12.1 Å². The topological polar surface area (TPSA) is 55.1 Å². The molecule has 0 fully saturated rings. The van der Waals surface area contributed by atoms with Gasteiger partial charge in [0.1, 0.15) is 5.82 Å². The van der Waals surface area contributed by atoms with Crippen molar-refractivity contribution in [3.05, 3.63) is 34.1 Å². The number of halogens is 2. The van der Waals surface area contributed by atoms with Crippen LogP contribution in [-0.4, -0.2) is 18.0 Å². The minimum atomic E-state index is -0.557. The summed E-state index contributed by atoms with van der Waals surface area (Å²) in [5.74, 6) is -1.03. The molecule has 0 aliphatic carbocycles. The summed E-state index contributed by atoms with van der Waals surface area (Å²) in [6, 6.07) is 4.40. The van der Waals surface area contributed by atoms with Gasteiger partial charge < -0.3 is 11.1 Å². The highest BCUT2D eigenvalue weighted by Crippen LogP contribution is 2.20. The van der Waals surface area contributed by atoms with Crippen LogP contribution in [0.1, 0.15) is 24.2 Å². The average molecular weight is 289 g/mol. The Morgan fingerprint density at radius 2 is 2.19 bits per heavy atom. The normalized spacial score (nSPS) is 11.3. The van der Waals surface area contributed by atoms with Crippen LogP contribution in [0, 0.1) is 5.82 Å². The maximum absolute atomic E-state index is 13.5. The molecule has 0 bridgehead atoms. The summed E-state index contributed by atoms with van der Waals surface area (Å²) in [6.45, 7) is 3.84. The first kappa shape index (κ1) is 13.1. The number of hydrogen-bond donors (Lipinski definition) is 2. The molecule has 0 aliphatic heterocycles. The molecule has 0 saturated carbocycles. The SMILES string of the molecule is CC(C)(CN)NC(=O)c1c(F)cccc1Br. The fourth-order valence-electron chi connectivity index (χ4n) is 1.14. The van der Waals surface area contributed by atoms with E-state index in [0.717, 1.165) is 0 Å². The van der Waals surface area contributed by atoms with Gasteiger partial charge in [-0.05, 0) is 41.9 Å². The number of carbonyl (C=O) groups is 1. The Balaban J connectivity index is 2.98. The first-order valence-electron chi connectivity index (χ1n) is 4.84. The van der Waals surface area contributed by atoms with Gasteiger partial charge in [0.05, 0.1) is 5.56 Å². The van der Waals surface area contributed by atoms with E-state index in [4.69, 9.17) is 5.73 Å². The fourth-order valence-corrected chi connectivity index (χ4v) is 1.66. The van der Waals surface area contributed by atoms with Crippen molar-refractivity contribution in [2.45, 2.75) is 19.4 Å². The van der Waals surface area contributed by atoms with Crippen LogP contribution in [0.2, 0.25) is 0 Å². The first-order chi connectivity index (χ1) is 7.37. The number of nitrogens with two attached hydrogens (primary N) is 1. The highest BCUT2D eigenvalue weighted by Gasteiger charge is 2.22. The second-order valence-corrected chi connectivity index (χ2v) is 4.99. The van der Waals surface area contributed by atoms with Gasteiger partial charge in [0, 0.05) is 16.6 Å². The van der Waals surface area contributed by atoms with E-state index in [2.05, 4.69) is 21.2 Å². The molecule has 0 aliphatic rings. The number of amides is 1. The first-order valence-corrected chi connectivity index (χ1v) is 5.63. The lowest BCUT2D eigenvalue weighted by Crippen LogP contribution is -2.49. The molecule has 0 atom stereocenters. The van der Waals surface area contributed by atoms with Crippen molar-refractivity contribution in [1.82, 2.24) is 5.32 Å². The number of hydrogen-bond acceptors (Lipinski definition) is 2. The molecule has 0 heterocycles. The lowest BCUT2D eigenvalue weighted by atomic mass is 10.1. The summed E-state index contributed by atoms with van der Waals surface area (Å²) in [6.07, 6.45) is 0. The van der Waals surface area contributed by atoms with Crippen LogP contribution in [-0.2, 0) is 0 Å². The van der Waals surface area contributed by atoms with Gasteiger partial charge in [0.25, 0.3) is 5.91 Å². The molecule has 0 radical (unpaired) electrons. The molecule has 16 heavy (non-hydrogen) atoms. The van der Waals surface area contributed by atoms with E-state index >= 15 is 0 Å². The van der Waals surface area contributed by atoms with Crippen molar-refractivity contribution in [2.24, 2.45) is 5.73 Å². The second kappa shape index (κ2) is 4.93. The molecule has 1 aromatic rings. The van der Waals surface area contributed by atoms with Crippen molar-refractivity contribution >= 4 is 21.8 Å². The summed E-state index contributed by atoms with van der Waals surface area (Å²) in [4.78, 5) is 11.8. The van der Waals surface area contributed by atoms with Crippen LogP contribution >= 0.6 is 15.9 Å². The molecule has 0 spiro atoms. The Hall–Kier alpha value is -0.940. The number of benzene rings is 1. The zero-order valence-corrected chi connectivity index (χ0v) is 10.8. The molecule has 3 N–H and O–H groups in total. The van der Waals surface area contributed by atoms with Crippen molar-refractivity contribution in [2.75, 3.05) is 6.54 Å². The molecule has 0 unspecified atom stereocenters. The third kappa shape index (κ3) is 3.02. The minimum Gasteiger partial charge on any atom is -0.346 e. The molecule has 3 nitrogen and oxygen atoms in total. The van der Waals surface area contributed by atoms with Crippen molar-refractivity contribution in [3.8, 4) is 0 Å². The number of rotatable bonds is 3. The number of nitrogens with one attached hydrogen (secondary N) is 1. The molecule has 1 amide bonds. The molecule has 5 heteroatoms. The van der Waals surface area contributed by atoms with Crippen LogP contribution in [0.15, 0.2) is 22.7 Å². The van der Waals surface area contributed by atoms with Gasteiger partial charge in [-0.2, -0.15) is 0 Å². The van der Waals surface area contributed by atoms with E-state index < -0.39 is 17.3 Å². The molecular formula is C11H14BrFN2O. The van der Waals surface area contributed by atoms with E-state index in [1.807, 2.05) is 0 Å². The highest BCUT2D eigenvalue weighted by molar-refractivity contribution is 9.10. The van der Waals surface area contributed by atoms with Crippen LogP contribution in [0.3, 0.4) is 0 Å². The van der Waals surface area contributed by atoms with Crippen LogP contribution < -0.4 is 11.1 Å². The van der Waals surface area contributed by atoms with E-state index in [-0.39, 0.29) is 12.1 Å². The predicted octanol–water partition coefficient (Wildman–Crippen LogP) is 2.06. The van der Waals surface area contributed by atoms with Gasteiger partial charge in [-0.3, -0.25) is 4.79 Å². The monoisotopic (exact) mass is 288 g/mol. The molecule has 0 aromatic heterocycles. The third-order valence-electron chi connectivity index (χ3n) is 2.15. The Labute approximate surface area is 102 Å². The van der Waals surface area contributed by atoms with Gasteiger partial charge in [0.15, 0.2) is 0 Å². The summed E-state index contributed by atoms with van der Waals surface area (Å²) in [5.41, 5.74) is 4.94. The summed E-state index contributed by atoms with van der Waals surface area (Å²) >= 11 is 3.15. The van der Waals surface area contributed by atoms with Gasteiger partial charge >= 0.3 is 0 Å². The quantitative estimate of drug-likeness (QED) is 0.895. The summed E-state index contributed by atoms with van der Waals surface area (Å²) in [5, 5.41) is 2.67. The van der Waals surface area contributed by atoms with E-state index in [9.17, 15) is 9.18 Å². The maximum atomic E-state index is 13.5. The zero-order chi connectivity index (χ0) is 12.3. The van der Waals surface area contributed by atoms with E-state index in [1.54, 1.807) is 19.9 Å². The van der Waals surface area contributed by atoms with Crippen molar-refractivity contribution in [3.63, 3.8) is 0 Å². The fraction of sp³-hybridized carbons (Fsp3) is 0.364. The summed E-state index contributed by atoms with van der Waals surface area (Å²) < 4.78 is 13.9. The summed E-state index contributed by atoms with van der Waals surface area (Å²) in [7, 11) is 0. The Morgan fingerprint density at radius 3 is 2.69 bits per heavy atom. The minimum absolute atomic E-state index is 0.00373. The van der Waals surface area contributed by atoms with Gasteiger partial charge in [0.2, 0.25) is 0 Å². The van der Waals surface area contributed by atoms with E-state index in [0.29, 0.717) is 4.47 Å². The zero-order valence-electron chi connectivity index (χ0n) is 9.18. The molecule has 0 saturated heterocycles. The maximum Gasteiger partial charge on any atom is 0.255 e. The molecule has 1 aromatic carbocycles. The van der Waals surface area contributed by atoms with Crippen LogP contribution in [0.5, 0.6) is 0 Å². The van der Waals surface area contributed by atoms with Crippen LogP contribution in [0.4, 0.5) is 4.39 Å². The smallest absolute Gasteiger partial charge is 0.255 e. The third-order valence-corrected chi connectivity index (χ3v) is 2.81. The van der Waals surface area contributed by atoms with Crippen molar-refractivity contribution < 1.29 is 9.18 Å². The Morgan fingerprint density at radius 1 is 1.56 bits per heavy atom. The lowest BCUT2D eigenvalue weighted by molar-refractivity contribution is 0.0911. The van der Waals surface area contributed by atoms with Gasteiger partial charge in [-0.1, -0.05) is 6.07 Å². The average Bonchev–Trinajstić information content (AvgIpc) is 2.16. The predicted molar refractivity (Wildman–Crippen MR) is 64.7 cm³/mol. The largest absolute Gasteiger partial charge is 0.346 e. The Bertz CT molecular complexity index is 387. The molecule has 1 rings (SSSR count). The standard InChI is InChI=1S/C11H14BrFN2O/c1-11(2,6-14)15-10(16)9-7(12)4-3-5-8(9)13/h3-5H,6,14H2,1-2H3,(H,15,16). The molecule has 88 valence electrons. The Kier molecular flexibility index (Phi) is 4.04. The van der Waals surface area contributed by atoms with Crippen LogP contribution in [0.25, 0.3) is 0 Å².